The minimum atomic E-state index is -0.817. The number of amides is 1. The number of carboxylic acid groups (broad SMARTS) is 1. The van der Waals surface area contributed by atoms with Crippen LogP contribution in [0.25, 0.3) is 0 Å². The zero-order chi connectivity index (χ0) is 17.3. The molecule has 1 heterocycles. The van der Waals surface area contributed by atoms with E-state index in [4.69, 9.17) is 5.11 Å². The van der Waals surface area contributed by atoms with Gasteiger partial charge < -0.3 is 10.4 Å². The topological polar surface area (TPSA) is 95.1 Å². The van der Waals surface area contributed by atoms with Crippen LogP contribution in [0, 0.1) is 5.92 Å². The maximum atomic E-state index is 12.3. The number of aromatic nitrogens is 2. The molecular weight excluding hydrogens is 374 g/mol. The number of aromatic amines is 1. The molecule has 0 bridgehead atoms. The second-order valence-corrected chi connectivity index (χ2v) is 6.96. The van der Waals surface area contributed by atoms with Crippen molar-refractivity contribution in [3.05, 3.63) is 45.7 Å². The van der Waals surface area contributed by atoms with Crippen LogP contribution in [0.5, 0.6) is 0 Å². The Morgan fingerprint density at radius 3 is 2.62 bits per heavy atom. The van der Waals surface area contributed by atoms with E-state index in [9.17, 15) is 9.59 Å². The molecule has 24 heavy (non-hydrogen) atoms. The third-order valence-electron chi connectivity index (χ3n) is 4.11. The second-order valence-electron chi connectivity index (χ2n) is 6.17. The Labute approximate surface area is 147 Å². The molecular formula is C17H18BrN3O3. The van der Waals surface area contributed by atoms with Gasteiger partial charge in [0.15, 0.2) is 5.69 Å². The summed E-state index contributed by atoms with van der Waals surface area (Å²) in [4.78, 5) is 23.2. The highest BCUT2D eigenvalue weighted by Crippen LogP contribution is 2.42. The molecule has 2 aromatic rings. The molecule has 0 aliphatic heterocycles. The van der Waals surface area contributed by atoms with E-state index in [1.54, 1.807) is 19.1 Å². The highest BCUT2D eigenvalue weighted by molar-refractivity contribution is 9.10. The number of carbonyl (C=O) groups is 2. The Kier molecular flexibility index (Phi) is 4.71. The standard InChI is InChI=1S/C17H18BrN3O3/c1-9(17(23)24)8-10-2-6-12(7-3-10)19-16(22)15-13(18)14(20-21-15)11-4-5-11/h2-3,6-7,9,11H,4-5,8H2,1H3,(H,19,22)(H,20,21)(H,23,24). The van der Waals surface area contributed by atoms with Crippen molar-refractivity contribution in [3.8, 4) is 0 Å². The second kappa shape index (κ2) is 6.76. The van der Waals surface area contributed by atoms with Gasteiger partial charge in [0.1, 0.15) is 0 Å². The Bertz CT molecular complexity index is 766. The number of nitrogens with one attached hydrogen (secondary N) is 2. The molecule has 0 spiro atoms. The van der Waals surface area contributed by atoms with Crippen LogP contribution in [0.15, 0.2) is 28.7 Å². The van der Waals surface area contributed by atoms with Gasteiger partial charge >= 0.3 is 5.97 Å². The third kappa shape index (κ3) is 3.67. The fourth-order valence-electron chi connectivity index (χ4n) is 2.49. The monoisotopic (exact) mass is 391 g/mol. The highest BCUT2D eigenvalue weighted by atomic mass is 79.9. The lowest BCUT2D eigenvalue weighted by Crippen LogP contribution is -2.14. The first kappa shape index (κ1) is 16.7. The van der Waals surface area contributed by atoms with E-state index in [1.807, 2.05) is 12.1 Å². The Balaban J connectivity index is 1.65. The number of nitrogens with zero attached hydrogens (tertiary/aromatic N) is 1. The Morgan fingerprint density at radius 1 is 1.38 bits per heavy atom. The van der Waals surface area contributed by atoms with Crippen molar-refractivity contribution in [2.24, 2.45) is 5.92 Å². The number of carboxylic acids is 1. The summed E-state index contributed by atoms with van der Waals surface area (Å²) >= 11 is 3.45. The first-order valence-electron chi connectivity index (χ1n) is 7.82. The first-order valence-corrected chi connectivity index (χ1v) is 8.62. The zero-order valence-electron chi connectivity index (χ0n) is 13.2. The summed E-state index contributed by atoms with van der Waals surface area (Å²) in [5.41, 5.74) is 2.90. The Morgan fingerprint density at radius 2 is 2.04 bits per heavy atom. The molecule has 126 valence electrons. The predicted octanol–water partition coefficient (Wildman–Crippen LogP) is 3.57. The summed E-state index contributed by atoms with van der Waals surface area (Å²) in [7, 11) is 0. The minimum Gasteiger partial charge on any atom is -0.481 e. The van der Waals surface area contributed by atoms with Gasteiger partial charge in [-0.3, -0.25) is 14.7 Å². The van der Waals surface area contributed by atoms with Gasteiger partial charge in [-0.2, -0.15) is 5.10 Å². The van der Waals surface area contributed by atoms with E-state index in [-0.39, 0.29) is 5.91 Å². The lowest BCUT2D eigenvalue weighted by molar-refractivity contribution is -0.141. The molecule has 1 saturated carbocycles. The van der Waals surface area contributed by atoms with Crippen LogP contribution in [0.3, 0.4) is 0 Å². The number of rotatable bonds is 6. The smallest absolute Gasteiger partial charge is 0.306 e. The van der Waals surface area contributed by atoms with Crippen molar-refractivity contribution in [2.45, 2.75) is 32.1 Å². The summed E-state index contributed by atoms with van der Waals surface area (Å²) in [6, 6.07) is 7.18. The normalized spacial score (nSPS) is 15.1. The van der Waals surface area contributed by atoms with Crippen molar-refractivity contribution >= 4 is 33.5 Å². The maximum Gasteiger partial charge on any atom is 0.306 e. The van der Waals surface area contributed by atoms with Crippen molar-refractivity contribution in [3.63, 3.8) is 0 Å². The molecule has 3 N–H and O–H groups in total. The van der Waals surface area contributed by atoms with Crippen LogP contribution >= 0.6 is 15.9 Å². The quantitative estimate of drug-likeness (QED) is 0.701. The molecule has 1 amide bonds. The number of H-pyrrole nitrogens is 1. The fraction of sp³-hybridized carbons (Fsp3) is 0.353. The largest absolute Gasteiger partial charge is 0.481 e. The van der Waals surface area contributed by atoms with E-state index >= 15 is 0 Å². The van der Waals surface area contributed by atoms with Gasteiger partial charge in [-0.25, -0.2) is 0 Å². The summed E-state index contributed by atoms with van der Waals surface area (Å²) in [6.07, 6.45) is 2.70. The lowest BCUT2D eigenvalue weighted by Gasteiger charge is -2.08. The number of halogens is 1. The van der Waals surface area contributed by atoms with Crippen LogP contribution in [-0.2, 0) is 11.2 Å². The van der Waals surface area contributed by atoms with Crippen LogP contribution in [-0.4, -0.2) is 27.2 Å². The van der Waals surface area contributed by atoms with Gasteiger partial charge in [0.05, 0.1) is 16.1 Å². The first-order chi connectivity index (χ1) is 11.5. The molecule has 3 rings (SSSR count). The third-order valence-corrected chi connectivity index (χ3v) is 4.91. The van der Waals surface area contributed by atoms with E-state index < -0.39 is 11.9 Å². The molecule has 1 atom stereocenters. The van der Waals surface area contributed by atoms with Crippen LogP contribution in [0.2, 0.25) is 0 Å². The van der Waals surface area contributed by atoms with Gasteiger partial charge in [-0.15, -0.1) is 0 Å². The molecule has 0 radical (unpaired) electrons. The van der Waals surface area contributed by atoms with Crippen LogP contribution < -0.4 is 5.32 Å². The number of aliphatic carboxylic acids is 1. The number of carbonyl (C=O) groups excluding carboxylic acids is 1. The molecule has 7 heteroatoms. The van der Waals surface area contributed by atoms with Crippen LogP contribution in [0.4, 0.5) is 5.69 Å². The lowest BCUT2D eigenvalue weighted by atomic mass is 10.0. The summed E-state index contributed by atoms with van der Waals surface area (Å²) in [5, 5.41) is 18.8. The molecule has 1 fully saturated rings. The maximum absolute atomic E-state index is 12.3. The average Bonchev–Trinajstić information content (AvgIpc) is 3.31. The number of hydrogen-bond acceptors (Lipinski definition) is 3. The summed E-state index contributed by atoms with van der Waals surface area (Å²) in [5.74, 6) is -1.06. The summed E-state index contributed by atoms with van der Waals surface area (Å²) < 4.78 is 0.731. The number of hydrogen-bond donors (Lipinski definition) is 3. The van der Waals surface area contributed by atoms with E-state index in [0.717, 1.165) is 28.6 Å². The van der Waals surface area contributed by atoms with Crippen molar-refractivity contribution in [2.75, 3.05) is 5.32 Å². The number of benzene rings is 1. The van der Waals surface area contributed by atoms with Crippen molar-refractivity contribution in [1.82, 2.24) is 10.2 Å². The van der Waals surface area contributed by atoms with Crippen molar-refractivity contribution in [1.29, 1.82) is 0 Å². The molecule has 1 aliphatic rings. The van der Waals surface area contributed by atoms with Gasteiger partial charge in [-0.05, 0) is 52.9 Å². The van der Waals surface area contributed by atoms with Gasteiger partial charge in [-0.1, -0.05) is 19.1 Å². The van der Waals surface area contributed by atoms with E-state index in [1.165, 1.54) is 0 Å². The SMILES string of the molecule is CC(Cc1ccc(NC(=O)c2n[nH]c(C3CC3)c2Br)cc1)C(=O)O. The van der Waals surface area contributed by atoms with E-state index in [2.05, 4.69) is 31.4 Å². The van der Waals surface area contributed by atoms with Crippen molar-refractivity contribution < 1.29 is 14.7 Å². The van der Waals surface area contributed by atoms with Crippen LogP contribution in [0.1, 0.15) is 47.4 Å². The Hall–Kier alpha value is -2.15. The average molecular weight is 392 g/mol. The molecule has 1 aromatic carbocycles. The predicted molar refractivity (Wildman–Crippen MR) is 93.2 cm³/mol. The van der Waals surface area contributed by atoms with E-state index in [0.29, 0.717) is 23.7 Å². The summed E-state index contributed by atoms with van der Waals surface area (Å²) in [6.45, 7) is 1.67. The van der Waals surface area contributed by atoms with Gasteiger partial charge in [0, 0.05) is 11.6 Å². The molecule has 1 unspecified atom stereocenters. The molecule has 1 aromatic heterocycles. The highest BCUT2D eigenvalue weighted by Gasteiger charge is 2.30. The molecule has 0 saturated heterocycles. The van der Waals surface area contributed by atoms with Gasteiger partial charge in [0.2, 0.25) is 0 Å². The zero-order valence-corrected chi connectivity index (χ0v) is 14.8. The minimum absolute atomic E-state index is 0.281. The molecule has 1 aliphatic carbocycles. The van der Waals surface area contributed by atoms with Gasteiger partial charge in [0.25, 0.3) is 5.91 Å². The molecule has 6 nitrogen and oxygen atoms in total. The fourth-order valence-corrected chi connectivity index (χ4v) is 3.17. The number of anilines is 1.